The highest BCUT2D eigenvalue weighted by Gasteiger charge is 2.33. The summed E-state index contributed by atoms with van der Waals surface area (Å²) in [7, 11) is -2.35. The zero-order chi connectivity index (χ0) is 21.3. The SMILES string of the molecule is CCN(CC)S(=O)(=O)c1cc(C(=O)N2c3ccc(Br)cc3C[C@H]2C)ccc1OC. The van der Waals surface area contributed by atoms with Gasteiger partial charge in [0.2, 0.25) is 10.0 Å². The van der Waals surface area contributed by atoms with Gasteiger partial charge in [0.15, 0.2) is 0 Å². The molecule has 0 bridgehead atoms. The Balaban J connectivity index is 2.06. The van der Waals surface area contributed by atoms with Gasteiger partial charge in [-0.2, -0.15) is 4.31 Å². The number of carbonyl (C=O) groups is 1. The van der Waals surface area contributed by atoms with E-state index in [1.807, 2.05) is 25.1 Å². The lowest BCUT2D eigenvalue weighted by Crippen LogP contribution is -2.36. The van der Waals surface area contributed by atoms with Gasteiger partial charge in [-0.15, -0.1) is 0 Å². The van der Waals surface area contributed by atoms with Crippen LogP contribution in [0.4, 0.5) is 5.69 Å². The first-order valence-corrected chi connectivity index (χ1v) is 11.8. The quantitative estimate of drug-likeness (QED) is 0.624. The number of hydrogen-bond acceptors (Lipinski definition) is 4. The van der Waals surface area contributed by atoms with Gasteiger partial charge in [-0.3, -0.25) is 4.79 Å². The number of nitrogens with zero attached hydrogens (tertiary/aromatic N) is 2. The third-order valence-electron chi connectivity index (χ3n) is 5.21. The predicted octanol–water partition coefficient (Wildman–Crippen LogP) is 4.08. The Labute approximate surface area is 180 Å². The van der Waals surface area contributed by atoms with E-state index in [-0.39, 0.29) is 22.6 Å². The summed E-state index contributed by atoms with van der Waals surface area (Å²) in [6, 6.07) is 10.4. The van der Waals surface area contributed by atoms with Gasteiger partial charge >= 0.3 is 0 Å². The maximum Gasteiger partial charge on any atom is 0.258 e. The van der Waals surface area contributed by atoms with E-state index in [1.165, 1.54) is 17.5 Å². The number of anilines is 1. The Bertz CT molecular complexity index is 1030. The van der Waals surface area contributed by atoms with Crippen molar-refractivity contribution >= 4 is 37.5 Å². The van der Waals surface area contributed by atoms with Gasteiger partial charge in [0, 0.05) is 34.9 Å². The van der Waals surface area contributed by atoms with Gasteiger partial charge in [-0.05, 0) is 55.3 Å². The summed E-state index contributed by atoms with van der Waals surface area (Å²) >= 11 is 3.47. The van der Waals surface area contributed by atoms with E-state index in [1.54, 1.807) is 30.9 Å². The Kier molecular flexibility index (Phi) is 6.36. The maximum absolute atomic E-state index is 13.4. The molecule has 0 unspecified atom stereocenters. The molecule has 2 aromatic rings. The Morgan fingerprint density at radius 3 is 2.52 bits per heavy atom. The number of benzene rings is 2. The molecule has 8 heteroatoms. The van der Waals surface area contributed by atoms with Crippen molar-refractivity contribution < 1.29 is 17.9 Å². The van der Waals surface area contributed by atoms with E-state index in [0.29, 0.717) is 18.7 Å². The molecule has 0 radical (unpaired) electrons. The number of sulfonamides is 1. The molecule has 1 aliphatic heterocycles. The zero-order valence-corrected chi connectivity index (χ0v) is 19.4. The Hall–Kier alpha value is -1.90. The molecule has 0 fully saturated rings. The van der Waals surface area contributed by atoms with Crippen LogP contribution in [0, 0.1) is 0 Å². The lowest BCUT2D eigenvalue weighted by molar-refractivity contribution is 0.0981. The summed E-state index contributed by atoms with van der Waals surface area (Å²) in [5.74, 6) is 0.00414. The number of carbonyl (C=O) groups excluding carboxylic acids is 1. The van der Waals surface area contributed by atoms with Crippen LogP contribution in [0.15, 0.2) is 45.8 Å². The van der Waals surface area contributed by atoms with Crippen molar-refractivity contribution in [2.24, 2.45) is 0 Å². The minimum atomic E-state index is -3.77. The number of amides is 1. The van der Waals surface area contributed by atoms with Crippen molar-refractivity contribution in [3.05, 3.63) is 52.0 Å². The fourth-order valence-electron chi connectivity index (χ4n) is 3.76. The monoisotopic (exact) mass is 480 g/mol. The molecule has 1 atom stereocenters. The van der Waals surface area contributed by atoms with Crippen LogP contribution in [-0.2, 0) is 16.4 Å². The fourth-order valence-corrected chi connectivity index (χ4v) is 5.81. The molecule has 0 aromatic heterocycles. The molecular formula is C21H25BrN2O4S. The van der Waals surface area contributed by atoms with E-state index < -0.39 is 10.0 Å². The highest BCUT2D eigenvalue weighted by molar-refractivity contribution is 9.10. The van der Waals surface area contributed by atoms with Crippen LogP contribution < -0.4 is 9.64 Å². The molecule has 1 aliphatic rings. The van der Waals surface area contributed by atoms with Crippen LogP contribution in [0.25, 0.3) is 0 Å². The van der Waals surface area contributed by atoms with Gasteiger partial charge < -0.3 is 9.64 Å². The van der Waals surface area contributed by atoms with Crippen LogP contribution in [-0.4, -0.2) is 44.9 Å². The van der Waals surface area contributed by atoms with Crippen molar-refractivity contribution in [1.29, 1.82) is 0 Å². The van der Waals surface area contributed by atoms with Crippen molar-refractivity contribution in [2.45, 2.75) is 38.1 Å². The van der Waals surface area contributed by atoms with Crippen LogP contribution in [0.5, 0.6) is 5.75 Å². The topological polar surface area (TPSA) is 66.9 Å². The van der Waals surface area contributed by atoms with Gasteiger partial charge in [-0.1, -0.05) is 29.8 Å². The molecule has 1 amide bonds. The normalized spacial score (nSPS) is 16.2. The summed E-state index contributed by atoms with van der Waals surface area (Å²) in [5.41, 5.74) is 2.26. The summed E-state index contributed by atoms with van der Waals surface area (Å²) < 4.78 is 33.8. The first-order valence-electron chi connectivity index (χ1n) is 9.54. The molecule has 6 nitrogen and oxygen atoms in total. The van der Waals surface area contributed by atoms with Gasteiger partial charge in [0.05, 0.1) is 7.11 Å². The number of rotatable bonds is 6. The van der Waals surface area contributed by atoms with Crippen LogP contribution in [0.1, 0.15) is 36.7 Å². The fraction of sp³-hybridized carbons (Fsp3) is 0.381. The van der Waals surface area contributed by atoms with Gasteiger partial charge in [-0.25, -0.2) is 8.42 Å². The number of methoxy groups -OCH3 is 1. The van der Waals surface area contributed by atoms with Gasteiger partial charge in [0.1, 0.15) is 10.6 Å². The smallest absolute Gasteiger partial charge is 0.258 e. The highest BCUT2D eigenvalue weighted by atomic mass is 79.9. The van der Waals surface area contributed by atoms with Gasteiger partial charge in [0.25, 0.3) is 5.91 Å². The molecule has 0 saturated heterocycles. The predicted molar refractivity (Wildman–Crippen MR) is 117 cm³/mol. The number of ether oxygens (including phenoxy) is 1. The summed E-state index contributed by atoms with van der Waals surface area (Å²) in [4.78, 5) is 15.1. The van der Waals surface area contributed by atoms with E-state index in [0.717, 1.165) is 22.1 Å². The standard InChI is InChI=1S/C21H25BrN2O4S/c1-5-23(6-2)29(26,27)20-13-15(7-10-19(20)28-4)21(25)24-14(3)11-16-12-17(22)8-9-18(16)24/h7-10,12-14H,5-6,11H2,1-4H3/t14-/m1/s1. The van der Waals surface area contributed by atoms with Crippen molar-refractivity contribution in [3.63, 3.8) is 0 Å². The first kappa shape index (κ1) is 21.8. The second-order valence-corrected chi connectivity index (χ2v) is 9.78. The third-order valence-corrected chi connectivity index (χ3v) is 7.77. The molecule has 3 rings (SSSR count). The Morgan fingerprint density at radius 1 is 1.21 bits per heavy atom. The number of fused-ring (bicyclic) bond motifs is 1. The Morgan fingerprint density at radius 2 is 1.90 bits per heavy atom. The molecule has 0 saturated carbocycles. The number of halogens is 1. The minimum Gasteiger partial charge on any atom is -0.495 e. The van der Waals surface area contributed by atoms with E-state index in [2.05, 4.69) is 15.9 Å². The molecule has 0 spiro atoms. The van der Waals surface area contributed by atoms with Crippen molar-refractivity contribution in [3.8, 4) is 5.75 Å². The molecule has 1 heterocycles. The number of hydrogen-bond donors (Lipinski definition) is 0. The molecule has 156 valence electrons. The van der Waals surface area contributed by atoms with E-state index in [9.17, 15) is 13.2 Å². The minimum absolute atomic E-state index is 0.0115. The van der Waals surface area contributed by atoms with Crippen molar-refractivity contribution in [2.75, 3.05) is 25.1 Å². The van der Waals surface area contributed by atoms with Crippen LogP contribution in [0.2, 0.25) is 0 Å². The van der Waals surface area contributed by atoms with E-state index in [4.69, 9.17) is 4.74 Å². The molecule has 0 N–H and O–H groups in total. The maximum atomic E-state index is 13.4. The second-order valence-electron chi connectivity index (χ2n) is 6.96. The van der Waals surface area contributed by atoms with Crippen molar-refractivity contribution in [1.82, 2.24) is 4.31 Å². The molecule has 29 heavy (non-hydrogen) atoms. The molecule has 0 aliphatic carbocycles. The molecule has 2 aromatic carbocycles. The summed E-state index contributed by atoms with van der Waals surface area (Å²) in [5, 5.41) is 0. The van der Waals surface area contributed by atoms with Crippen LogP contribution >= 0.6 is 15.9 Å². The van der Waals surface area contributed by atoms with E-state index >= 15 is 0 Å². The lowest BCUT2D eigenvalue weighted by Gasteiger charge is -2.24. The summed E-state index contributed by atoms with van der Waals surface area (Å²) in [6.45, 7) is 6.23. The summed E-state index contributed by atoms with van der Waals surface area (Å²) in [6.07, 6.45) is 0.751. The average Bonchev–Trinajstić information content (AvgIpc) is 3.02. The molecular weight excluding hydrogens is 456 g/mol. The first-order chi connectivity index (χ1) is 13.7. The van der Waals surface area contributed by atoms with Crippen LogP contribution in [0.3, 0.4) is 0 Å². The largest absolute Gasteiger partial charge is 0.495 e. The lowest BCUT2D eigenvalue weighted by atomic mass is 10.1. The average molecular weight is 481 g/mol. The zero-order valence-electron chi connectivity index (χ0n) is 17.0. The highest BCUT2D eigenvalue weighted by Crippen LogP contribution is 2.36. The third kappa shape index (κ3) is 3.93. The second kappa shape index (κ2) is 8.45.